The molecule has 9 nitrogen and oxygen atoms in total. The molecule has 0 bridgehead atoms. The number of thiazole rings is 1. The van der Waals surface area contributed by atoms with Crippen LogP contribution in [0.2, 0.25) is 0 Å². The van der Waals surface area contributed by atoms with Gasteiger partial charge in [-0.25, -0.2) is 15.0 Å². The SMILES string of the molecule is Cn1cc(C2CC2C(=O)Nc2nc3ccc(-c4cnc(CO[C@H]5CCC[C@@H]5O)nc4)cc3s2)cn1. The molecule has 35 heavy (non-hydrogen) atoms. The average Bonchev–Trinajstić information content (AvgIpc) is 3.12. The van der Waals surface area contributed by atoms with E-state index in [9.17, 15) is 9.90 Å². The van der Waals surface area contributed by atoms with Crippen molar-refractivity contribution in [1.82, 2.24) is 24.7 Å². The number of amides is 1. The van der Waals surface area contributed by atoms with Crippen molar-refractivity contribution < 1.29 is 14.6 Å². The van der Waals surface area contributed by atoms with E-state index in [2.05, 4.69) is 25.4 Å². The molecular formula is C25H26N6O3S. The minimum atomic E-state index is -0.387. The third-order valence-electron chi connectivity index (χ3n) is 6.78. The lowest BCUT2D eigenvalue weighted by molar-refractivity contribution is -0.117. The van der Waals surface area contributed by atoms with Gasteiger partial charge in [0.25, 0.3) is 0 Å². The zero-order valence-electron chi connectivity index (χ0n) is 19.3. The summed E-state index contributed by atoms with van der Waals surface area (Å²) in [5, 5.41) is 17.7. The van der Waals surface area contributed by atoms with E-state index < -0.39 is 0 Å². The number of fused-ring (bicyclic) bond motifs is 1. The molecule has 4 atom stereocenters. The van der Waals surface area contributed by atoms with Crippen molar-refractivity contribution in [3.63, 3.8) is 0 Å². The predicted octanol–water partition coefficient (Wildman–Crippen LogP) is 3.66. The third-order valence-corrected chi connectivity index (χ3v) is 7.72. The van der Waals surface area contributed by atoms with Crippen LogP contribution in [-0.2, 0) is 23.2 Å². The number of aromatic nitrogens is 5. The van der Waals surface area contributed by atoms with Crippen LogP contribution in [0.4, 0.5) is 5.13 Å². The standard InChI is InChI=1S/C25H26N6O3S/c1-31-12-16(11-28-31)17-8-18(17)24(33)30-25-29-19-6-5-14(7-22(19)35-25)15-9-26-23(27-10-15)13-34-21-4-2-3-20(21)32/h5-7,9-12,17-18,20-21,32H,2-4,8,13H2,1H3,(H,29,30,33)/t17?,18?,20-,21-/m0/s1. The number of rotatable bonds is 7. The first-order chi connectivity index (χ1) is 17.0. The van der Waals surface area contributed by atoms with Crippen LogP contribution in [0, 0.1) is 5.92 Å². The molecule has 1 amide bonds. The first-order valence-corrected chi connectivity index (χ1v) is 12.7. The molecule has 180 valence electrons. The smallest absolute Gasteiger partial charge is 0.229 e. The van der Waals surface area contributed by atoms with Gasteiger partial charge in [0.1, 0.15) is 6.61 Å². The second-order valence-electron chi connectivity index (χ2n) is 9.32. The molecule has 1 aromatic carbocycles. The molecule has 2 saturated carbocycles. The summed E-state index contributed by atoms with van der Waals surface area (Å²) in [4.78, 5) is 26.2. The minimum absolute atomic E-state index is 0.00876. The van der Waals surface area contributed by atoms with Gasteiger partial charge in [-0.3, -0.25) is 9.48 Å². The van der Waals surface area contributed by atoms with Gasteiger partial charge in [-0.2, -0.15) is 5.10 Å². The minimum Gasteiger partial charge on any atom is -0.390 e. The van der Waals surface area contributed by atoms with Crippen molar-refractivity contribution in [3.05, 3.63) is 54.4 Å². The Kier molecular flexibility index (Phi) is 5.79. The normalized spacial score (nSPS) is 23.6. The second kappa shape index (κ2) is 9.10. The molecule has 4 aromatic rings. The fourth-order valence-corrected chi connectivity index (χ4v) is 5.61. The average molecular weight is 491 g/mol. The largest absolute Gasteiger partial charge is 0.390 e. The van der Waals surface area contributed by atoms with Crippen LogP contribution >= 0.6 is 11.3 Å². The first kappa shape index (κ1) is 22.3. The van der Waals surface area contributed by atoms with Crippen LogP contribution in [0.5, 0.6) is 0 Å². The number of anilines is 1. The highest BCUT2D eigenvalue weighted by Crippen LogP contribution is 2.48. The number of hydrogen-bond donors (Lipinski definition) is 2. The van der Waals surface area contributed by atoms with Crippen molar-refractivity contribution in [2.24, 2.45) is 13.0 Å². The molecule has 3 heterocycles. The lowest BCUT2D eigenvalue weighted by Gasteiger charge is -2.14. The lowest BCUT2D eigenvalue weighted by atomic mass is 10.1. The molecule has 10 heteroatoms. The predicted molar refractivity (Wildman–Crippen MR) is 132 cm³/mol. The lowest BCUT2D eigenvalue weighted by Crippen LogP contribution is -2.22. The maximum atomic E-state index is 12.7. The summed E-state index contributed by atoms with van der Waals surface area (Å²) in [5.74, 6) is 0.815. The number of nitrogens with one attached hydrogen (secondary N) is 1. The third kappa shape index (κ3) is 4.69. The summed E-state index contributed by atoms with van der Waals surface area (Å²) in [6.45, 7) is 0.293. The van der Waals surface area contributed by atoms with Crippen molar-refractivity contribution in [2.75, 3.05) is 5.32 Å². The number of carbonyl (C=O) groups is 1. The van der Waals surface area contributed by atoms with Crippen molar-refractivity contribution in [2.45, 2.75) is 50.4 Å². The highest BCUT2D eigenvalue weighted by Gasteiger charge is 2.44. The molecule has 2 unspecified atom stereocenters. The molecule has 0 saturated heterocycles. The van der Waals surface area contributed by atoms with E-state index in [4.69, 9.17) is 4.74 Å². The number of nitrogens with zero attached hydrogens (tertiary/aromatic N) is 5. The molecule has 0 spiro atoms. The number of ether oxygens (including phenoxy) is 1. The highest BCUT2D eigenvalue weighted by molar-refractivity contribution is 7.22. The molecular weight excluding hydrogens is 464 g/mol. The van der Waals surface area contributed by atoms with Gasteiger partial charge in [0.2, 0.25) is 5.91 Å². The summed E-state index contributed by atoms with van der Waals surface area (Å²) < 4.78 is 8.52. The van der Waals surface area contributed by atoms with E-state index >= 15 is 0 Å². The van der Waals surface area contributed by atoms with E-state index in [1.165, 1.54) is 11.3 Å². The number of aliphatic hydroxyl groups excluding tert-OH is 1. The van der Waals surface area contributed by atoms with E-state index in [0.717, 1.165) is 52.6 Å². The van der Waals surface area contributed by atoms with Crippen LogP contribution in [0.3, 0.4) is 0 Å². The highest BCUT2D eigenvalue weighted by atomic mass is 32.1. The van der Waals surface area contributed by atoms with Crippen LogP contribution in [-0.4, -0.2) is 48.0 Å². The number of aryl methyl sites for hydroxylation is 1. The van der Waals surface area contributed by atoms with Gasteiger partial charge in [-0.05, 0) is 54.9 Å². The van der Waals surface area contributed by atoms with Gasteiger partial charge in [-0.1, -0.05) is 17.4 Å². The Morgan fingerprint density at radius 3 is 2.83 bits per heavy atom. The fraction of sp³-hybridized carbons (Fsp3) is 0.400. The van der Waals surface area contributed by atoms with Crippen LogP contribution in [0.1, 0.15) is 43.0 Å². The molecule has 3 aromatic heterocycles. The van der Waals surface area contributed by atoms with Crippen molar-refractivity contribution in [3.8, 4) is 11.1 Å². The Hall–Kier alpha value is -3.21. The molecule has 2 N–H and O–H groups in total. The summed E-state index contributed by atoms with van der Waals surface area (Å²) in [5.41, 5.74) is 3.83. The quantitative estimate of drug-likeness (QED) is 0.406. The van der Waals surface area contributed by atoms with Gasteiger partial charge in [-0.15, -0.1) is 0 Å². The molecule has 6 rings (SSSR count). The monoisotopic (exact) mass is 490 g/mol. The topological polar surface area (TPSA) is 115 Å². The zero-order chi connectivity index (χ0) is 23.9. The summed E-state index contributed by atoms with van der Waals surface area (Å²) in [7, 11) is 1.88. The Balaban J connectivity index is 1.10. The fourth-order valence-electron chi connectivity index (χ4n) is 4.70. The zero-order valence-corrected chi connectivity index (χ0v) is 20.1. The van der Waals surface area contributed by atoms with Gasteiger partial charge in [0, 0.05) is 37.1 Å². The van der Waals surface area contributed by atoms with Gasteiger partial charge < -0.3 is 15.2 Å². The number of benzene rings is 1. The second-order valence-corrected chi connectivity index (χ2v) is 10.4. The van der Waals surface area contributed by atoms with Gasteiger partial charge >= 0.3 is 0 Å². The van der Waals surface area contributed by atoms with Crippen molar-refractivity contribution in [1.29, 1.82) is 0 Å². The Morgan fingerprint density at radius 2 is 2.09 bits per heavy atom. The van der Waals surface area contributed by atoms with E-state index in [1.807, 2.05) is 37.6 Å². The van der Waals surface area contributed by atoms with Gasteiger partial charge in [0.05, 0.1) is 28.6 Å². The summed E-state index contributed by atoms with van der Waals surface area (Å²) in [6, 6.07) is 5.98. The number of aliphatic hydroxyl groups is 1. The Bertz CT molecular complexity index is 1370. The van der Waals surface area contributed by atoms with Crippen LogP contribution in [0.25, 0.3) is 21.3 Å². The molecule has 2 aliphatic carbocycles. The van der Waals surface area contributed by atoms with Gasteiger partial charge in [0.15, 0.2) is 11.0 Å². The summed E-state index contributed by atoms with van der Waals surface area (Å²) in [6.07, 6.45) is 10.4. The first-order valence-electron chi connectivity index (χ1n) is 11.8. The van der Waals surface area contributed by atoms with Crippen LogP contribution in [0.15, 0.2) is 43.0 Å². The van der Waals surface area contributed by atoms with Crippen molar-refractivity contribution >= 4 is 32.6 Å². The number of carbonyl (C=O) groups excluding carboxylic acids is 1. The van der Waals surface area contributed by atoms with E-state index in [1.54, 1.807) is 17.1 Å². The molecule has 2 aliphatic rings. The van der Waals surface area contributed by atoms with E-state index in [0.29, 0.717) is 17.6 Å². The maximum absolute atomic E-state index is 12.7. The molecule has 2 fully saturated rings. The van der Waals surface area contributed by atoms with E-state index in [-0.39, 0.29) is 30.0 Å². The number of hydrogen-bond acceptors (Lipinski definition) is 8. The molecule has 0 radical (unpaired) electrons. The summed E-state index contributed by atoms with van der Waals surface area (Å²) >= 11 is 1.46. The van der Waals surface area contributed by atoms with Crippen LogP contribution < -0.4 is 5.32 Å². The Morgan fingerprint density at radius 1 is 1.23 bits per heavy atom. The molecule has 0 aliphatic heterocycles. The Labute approximate surface area is 206 Å². The maximum Gasteiger partial charge on any atom is 0.229 e.